The highest BCUT2D eigenvalue weighted by molar-refractivity contribution is 9.10. The average Bonchev–Trinajstić information content (AvgIpc) is 3.28. The lowest BCUT2D eigenvalue weighted by Crippen LogP contribution is -2.47. The zero-order valence-electron chi connectivity index (χ0n) is 20.2. The molecule has 0 saturated carbocycles. The molecule has 192 valence electrons. The predicted octanol–water partition coefficient (Wildman–Crippen LogP) is 5.50. The van der Waals surface area contributed by atoms with Crippen LogP contribution >= 0.6 is 15.9 Å². The van der Waals surface area contributed by atoms with E-state index in [4.69, 9.17) is 19.6 Å². The summed E-state index contributed by atoms with van der Waals surface area (Å²) in [5, 5.41) is 11.9. The first-order chi connectivity index (χ1) is 18.0. The van der Waals surface area contributed by atoms with Gasteiger partial charge < -0.3 is 19.9 Å². The number of aliphatic hydroxyl groups is 1. The molecule has 0 aliphatic carbocycles. The van der Waals surface area contributed by atoms with Crippen LogP contribution in [0.2, 0.25) is 0 Å². The summed E-state index contributed by atoms with van der Waals surface area (Å²) in [6.07, 6.45) is 1.68. The second-order valence-electron chi connectivity index (χ2n) is 8.62. The van der Waals surface area contributed by atoms with Crippen molar-refractivity contribution in [3.8, 4) is 5.75 Å². The number of hydrogen-bond donors (Lipinski definition) is 2. The fraction of sp³-hybridized carbons (Fsp3) is 0.241. The number of carbonyl (C=O) groups excluding carboxylic acids is 1. The van der Waals surface area contributed by atoms with Crippen molar-refractivity contribution in [1.29, 1.82) is 0 Å². The van der Waals surface area contributed by atoms with Crippen LogP contribution in [0.5, 0.6) is 5.75 Å². The minimum atomic E-state index is -1.33. The molecule has 1 aliphatic heterocycles. The highest BCUT2D eigenvalue weighted by Crippen LogP contribution is 2.44. The molecule has 4 rings (SSSR count). The third-order valence-electron chi connectivity index (χ3n) is 6.02. The number of ether oxygens (including phenoxy) is 2. The van der Waals surface area contributed by atoms with Crippen molar-refractivity contribution in [2.24, 2.45) is 4.99 Å². The van der Waals surface area contributed by atoms with Gasteiger partial charge in [0.05, 0.1) is 6.61 Å². The van der Waals surface area contributed by atoms with E-state index in [1.807, 2.05) is 36.4 Å². The topological polar surface area (TPSA) is 80.2 Å². The molecule has 0 saturated heterocycles. The lowest BCUT2D eigenvalue weighted by atomic mass is 9.84. The van der Waals surface area contributed by atoms with E-state index in [9.17, 15) is 9.18 Å². The molecule has 2 atom stereocenters. The van der Waals surface area contributed by atoms with Crippen molar-refractivity contribution in [2.45, 2.75) is 31.0 Å². The largest absolute Gasteiger partial charge is 0.494 e. The third-order valence-corrected chi connectivity index (χ3v) is 6.74. The van der Waals surface area contributed by atoms with Crippen molar-refractivity contribution < 1.29 is 23.8 Å². The molecule has 3 aromatic rings. The summed E-state index contributed by atoms with van der Waals surface area (Å²) in [7, 11) is 0. The van der Waals surface area contributed by atoms with E-state index < -0.39 is 11.6 Å². The molecule has 0 spiro atoms. The number of benzene rings is 3. The van der Waals surface area contributed by atoms with Crippen LogP contribution in [0.3, 0.4) is 0 Å². The first-order valence-corrected chi connectivity index (χ1v) is 12.7. The Hall–Kier alpha value is -3.49. The van der Waals surface area contributed by atoms with Gasteiger partial charge in [0.2, 0.25) is 5.90 Å². The van der Waals surface area contributed by atoms with E-state index in [1.165, 1.54) is 12.1 Å². The Morgan fingerprint density at radius 2 is 1.97 bits per heavy atom. The SMILES string of the molecule is C=CC[C@@]1(C(=O)NCc2cccc(F)c2)N=C(c2ccc(OCCCO)cc2)O[C@@H]1c1ccccc1Br. The first-order valence-electron chi connectivity index (χ1n) is 12.0. The fourth-order valence-electron chi connectivity index (χ4n) is 4.18. The Kier molecular flexibility index (Phi) is 8.74. The molecular weight excluding hydrogens is 539 g/mol. The smallest absolute Gasteiger partial charge is 0.252 e. The lowest BCUT2D eigenvalue weighted by Gasteiger charge is -2.30. The first kappa shape index (κ1) is 26.6. The van der Waals surface area contributed by atoms with Gasteiger partial charge in [-0.25, -0.2) is 9.38 Å². The van der Waals surface area contributed by atoms with Crippen LogP contribution in [-0.2, 0) is 16.1 Å². The van der Waals surface area contributed by atoms with E-state index >= 15 is 0 Å². The molecule has 0 unspecified atom stereocenters. The van der Waals surface area contributed by atoms with Crippen molar-refractivity contribution in [3.05, 3.63) is 112 Å². The zero-order valence-corrected chi connectivity index (χ0v) is 21.8. The van der Waals surface area contributed by atoms with Crippen LogP contribution in [0.4, 0.5) is 4.39 Å². The molecule has 0 fully saturated rings. The maximum atomic E-state index is 13.8. The van der Waals surface area contributed by atoms with Gasteiger partial charge in [0, 0.05) is 41.6 Å². The van der Waals surface area contributed by atoms with Crippen LogP contribution in [0.15, 0.2) is 94.9 Å². The van der Waals surface area contributed by atoms with E-state index in [2.05, 4.69) is 27.8 Å². The monoisotopic (exact) mass is 566 g/mol. The number of carbonyl (C=O) groups is 1. The molecule has 8 heteroatoms. The number of aliphatic hydroxyl groups excluding tert-OH is 1. The van der Waals surface area contributed by atoms with Crippen LogP contribution in [0, 0.1) is 5.82 Å². The maximum Gasteiger partial charge on any atom is 0.252 e. The van der Waals surface area contributed by atoms with Gasteiger partial charge >= 0.3 is 0 Å². The molecule has 0 radical (unpaired) electrons. The van der Waals surface area contributed by atoms with E-state index in [0.717, 1.165) is 10.0 Å². The summed E-state index contributed by atoms with van der Waals surface area (Å²) < 4.78 is 26.5. The van der Waals surface area contributed by atoms with Gasteiger partial charge in [0.15, 0.2) is 11.6 Å². The fourth-order valence-corrected chi connectivity index (χ4v) is 4.67. The van der Waals surface area contributed by atoms with Crippen molar-refractivity contribution >= 4 is 27.7 Å². The van der Waals surface area contributed by atoms with Gasteiger partial charge in [0.1, 0.15) is 11.6 Å². The van der Waals surface area contributed by atoms with Crippen molar-refractivity contribution in [3.63, 3.8) is 0 Å². The summed E-state index contributed by atoms with van der Waals surface area (Å²) in [5.74, 6) is 0.261. The number of rotatable bonds is 11. The quantitative estimate of drug-likeness (QED) is 0.237. The number of halogens is 2. The van der Waals surface area contributed by atoms with Crippen LogP contribution in [0.1, 0.15) is 35.6 Å². The van der Waals surface area contributed by atoms with E-state index in [0.29, 0.717) is 35.8 Å². The Morgan fingerprint density at radius 3 is 2.68 bits per heavy atom. The summed E-state index contributed by atoms with van der Waals surface area (Å²) in [6, 6.07) is 20.9. The Labute approximate surface area is 224 Å². The number of aliphatic imine (C=N–C) groups is 1. The number of amides is 1. The van der Waals surface area contributed by atoms with Crippen LogP contribution in [-0.4, -0.2) is 35.7 Å². The summed E-state index contributed by atoms with van der Waals surface area (Å²) in [6.45, 7) is 4.49. The third kappa shape index (κ3) is 6.09. The van der Waals surface area contributed by atoms with Crippen molar-refractivity contribution in [1.82, 2.24) is 5.32 Å². The maximum absolute atomic E-state index is 13.8. The normalized spacial score (nSPS) is 18.6. The minimum absolute atomic E-state index is 0.0613. The molecule has 3 aromatic carbocycles. The molecule has 2 N–H and O–H groups in total. The second kappa shape index (κ2) is 12.2. The van der Waals surface area contributed by atoms with Gasteiger partial charge in [-0.2, -0.15) is 0 Å². The molecule has 37 heavy (non-hydrogen) atoms. The predicted molar refractivity (Wildman–Crippen MR) is 144 cm³/mol. The van der Waals surface area contributed by atoms with Crippen LogP contribution < -0.4 is 10.1 Å². The molecule has 1 aliphatic rings. The minimum Gasteiger partial charge on any atom is -0.494 e. The standard InChI is InChI=1S/C29H28BrFN2O4/c1-2-15-29(28(35)32-19-20-7-5-8-22(31)18-20)26(24-9-3-4-10-25(24)30)37-27(33-29)21-11-13-23(14-12-21)36-17-6-16-34/h2-5,7-14,18,26,34H,1,6,15-17,19H2,(H,32,35)/t26-,29-/m1/s1. The molecule has 1 heterocycles. The number of hydrogen-bond acceptors (Lipinski definition) is 5. The number of nitrogens with zero attached hydrogens (tertiary/aromatic N) is 1. The van der Waals surface area contributed by atoms with E-state index in [1.54, 1.807) is 30.3 Å². The second-order valence-corrected chi connectivity index (χ2v) is 9.47. The lowest BCUT2D eigenvalue weighted by molar-refractivity contribution is -0.129. The molecular formula is C29H28BrFN2O4. The average molecular weight is 567 g/mol. The van der Waals surface area contributed by atoms with E-state index in [-0.39, 0.29) is 31.3 Å². The van der Waals surface area contributed by atoms with Crippen LogP contribution in [0.25, 0.3) is 0 Å². The van der Waals surface area contributed by atoms with Crippen molar-refractivity contribution in [2.75, 3.05) is 13.2 Å². The molecule has 1 amide bonds. The van der Waals surface area contributed by atoms with Gasteiger partial charge in [-0.3, -0.25) is 4.79 Å². The Bertz CT molecular complexity index is 1280. The summed E-state index contributed by atoms with van der Waals surface area (Å²) in [4.78, 5) is 18.6. The highest BCUT2D eigenvalue weighted by atomic mass is 79.9. The number of nitrogens with one attached hydrogen (secondary N) is 1. The highest BCUT2D eigenvalue weighted by Gasteiger charge is 2.52. The molecule has 0 aromatic heterocycles. The zero-order chi connectivity index (χ0) is 26.3. The summed E-state index contributed by atoms with van der Waals surface area (Å²) in [5.41, 5.74) is 0.771. The Balaban J connectivity index is 1.68. The van der Waals surface area contributed by atoms with Gasteiger partial charge in [-0.05, 0) is 48.0 Å². The summed E-state index contributed by atoms with van der Waals surface area (Å²) >= 11 is 3.59. The van der Waals surface area contributed by atoms with Gasteiger partial charge in [-0.1, -0.05) is 52.3 Å². The molecule has 6 nitrogen and oxygen atoms in total. The van der Waals surface area contributed by atoms with Gasteiger partial charge in [0.25, 0.3) is 5.91 Å². The molecule has 0 bridgehead atoms. The Morgan fingerprint density at radius 1 is 1.19 bits per heavy atom. The van der Waals surface area contributed by atoms with Gasteiger partial charge in [-0.15, -0.1) is 6.58 Å².